The van der Waals surface area contributed by atoms with Gasteiger partial charge < -0.3 is 4.98 Å². The normalized spacial score (nSPS) is 18.0. The zero-order valence-corrected chi connectivity index (χ0v) is 20.5. The highest BCUT2D eigenvalue weighted by atomic mass is 16.1. The van der Waals surface area contributed by atoms with Crippen LogP contribution in [0.1, 0.15) is 77.8 Å². The molecule has 2 aliphatic rings. The molecule has 1 atom stereocenters. The summed E-state index contributed by atoms with van der Waals surface area (Å²) in [4.78, 5) is 19.2. The average molecular weight is 469 g/mol. The molecule has 1 N–H and O–H groups in total. The van der Waals surface area contributed by atoms with Crippen LogP contribution in [0.5, 0.6) is 0 Å². The lowest BCUT2D eigenvalue weighted by molar-refractivity contribution is 0.187. The molecular weight excluding hydrogens is 436 g/mol. The lowest BCUT2D eigenvalue weighted by atomic mass is 9.93. The molecule has 2 aromatic carbocycles. The van der Waals surface area contributed by atoms with E-state index in [1.807, 2.05) is 11.6 Å². The van der Waals surface area contributed by atoms with Crippen molar-refractivity contribution in [2.75, 3.05) is 6.54 Å². The van der Waals surface area contributed by atoms with E-state index in [-0.39, 0.29) is 17.6 Å². The quantitative estimate of drug-likeness (QED) is 0.466. The summed E-state index contributed by atoms with van der Waals surface area (Å²) in [6.45, 7) is 5.76. The molecule has 0 unspecified atom stereocenters. The molecule has 180 valence electrons. The minimum atomic E-state index is -0.311. The third-order valence-corrected chi connectivity index (χ3v) is 7.83. The fourth-order valence-electron chi connectivity index (χ4n) is 6.11. The van der Waals surface area contributed by atoms with Gasteiger partial charge in [-0.1, -0.05) is 55.2 Å². The molecule has 0 radical (unpaired) electrons. The number of hydrogen-bond donors (Lipinski definition) is 1. The number of hydrogen-bond acceptors (Lipinski definition) is 5. The molecule has 7 heteroatoms. The molecule has 1 saturated carbocycles. The summed E-state index contributed by atoms with van der Waals surface area (Å²) in [6.07, 6.45) is 6.77. The fraction of sp³-hybridized carbons (Fsp3) is 0.429. The van der Waals surface area contributed by atoms with Crippen LogP contribution in [-0.2, 0) is 13.0 Å². The van der Waals surface area contributed by atoms with Crippen molar-refractivity contribution in [1.82, 2.24) is 30.1 Å². The molecule has 6 rings (SSSR count). The van der Waals surface area contributed by atoms with Gasteiger partial charge in [0.2, 0.25) is 0 Å². The van der Waals surface area contributed by atoms with Gasteiger partial charge in [-0.25, -0.2) is 4.68 Å². The maximum atomic E-state index is 13.6. The van der Waals surface area contributed by atoms with E-state index in [1.54, 1.807) is 0 Å². The lowest BCUT2D eigenvalue weighted by Gasteiger charge is -2.35. The summed E-state index contributed by atoms with van der Waals surface area (Å²) in [5.41, 5.74) is 6.51. The maximum Gasteiger partial charge on any atom is 0.253 e. The van der Waals surface area contributed by atoms with Gasteiger partial charge in [0.15, 0.2) is 5.82 Å². The number of pyridine rings is 1. The molecular formula is C28H32N6O. The molecule has 1 aliphatic carbocycles. The second-order valence-electron chi connectivity index (χ2n) is 10.3. The number of fused-ring (bicyclic) bond motifs is 2. The van der Waals surface area contributed by atoms with Crippen molar-refractivity contribution in [1.29, 1.82) is 0 Å². The van der Waals surface area contributed by atoms with E-state index in [1.165, 1.54) is 36.0 Å². The van der Waals surface area contributed by atoms with Crippen molar-refractivity contribution in [3.8, 4) is 0 Å². The fourth-order valence-corrected chi connectivity index (χ4v) is 6.11. The number of aromatic amines is 1. The number of tetrazole rings is 1. The number of aromatic nitrogens is 5. The second-order valence-corrected chi connectivity index (χ2v) is 10.3. The van der Waals surface area contributed by atoms with Crippen molar-refractivity contribution in [3.05, 3.63) is 86.5 Å². The first kappa shape index (κ1) is 22.2. The number of benzene rings is 2. The van der Waals surface area contributed by atoms with Crippen LogP contribution >= 0.6 is 0 Å². The van der Waals surface area contributed by atoms with Crippen LogP contribution in [0, 0.1) is 13.8 Å². The summed E-state index contributed by atoms with van der Waals surface area (Å²) in [5.74, 6) is 0.783. The van der Waals surface area contributed by atoms with Gasteiger partial charge in [0, 0.05) is 18.7 Å². The highest BCUT2D eigenvalue weighted by molar-refractivity contribution is 5.83. The van der Waals surface area contributed by atoms with E-state index in [0.29, 0.717) is 5.56 Å². The molecule has 0 spiro atoms. The van der Waals surface area contributed by atoms with Crippen LogP contribution in [0.2, 0.25) is 0 Å². The van der Waals surface area contributed by atoms with Gasteiger partial charge in [-0.2, -0.15) is 0 Å². The Morgan fingerprint density at radius 1 is 1.03 bits per heavy atom. The van der Waals surface area contributed by atoms with Crippen molar-refractivity contribution in [2.45, 2.75) is 71.0 Å². The summed E-state index contributed by atoms with van der Waals surface area (Å²) in [5, 5.41) is 14.2. The number of aryl methyl sites for hydroxylation is 2. The van der Waals surface area contributed by atoms with Crippen LogP contribution in [0.15, 0.2) is 47.3 Å². The first-order valence-electron chi connectivity index (χ1n) is 12.8. The van der Waals surface area contributed by atoms with Crippen LogP contribution in [-0.4, -0.2) is 36.6 Å². The SMILES string of the molecule is Cc1cc(C)c2[nH]c(=O)c([C@H](c3nnnn3C3CCCCC3)N3CCc4ccccc4C3)cc2c1. The summed E-state index contributed by atoms with van der Waals surface area (Å²) in [6, 6.07) is 14.9. The molecule has 3 heterocycles. The number of H-pyrrole nitrogens is 1. The lowest BCUT2D eigenvalue weighted by Crippen LogP contribution is -2.39. The van der Waals surface area contributed by atoms with E-state index >= 15 is 0 Å². The topological polar surface area (TPSA) is 79.7 Å². The molecule has 1 fully saturated rings. The standard InChI is InChI=1S/C28H32N6O/c1-18-14-19(2)25-22(15-18)16-24(28(35)29-25)26(33-13-12-20-8-6-7-9-21(20)17-33)27-30-31-32-34(27)23-10-4-3-5-11-23/h6-9,14-16,23,26H,3-5,10-13,17H2,1-2H3,(H,29,35)/t26-/m1/s1. The van der Waals surface area contributed by atoms with Crippen LogP contribution < -0.4 is 5.56 Å². The van der Waals surface area contributed by atoms with Gasteiger partial charge in [0.05, 0.1) is 11.6 Å². The Labute approximate surface area is 205 Å². The monoisotopic (exact) mass is 468 g/mol. The van der Waals surface area contributed by atoms with Gasteiger partial charge in [-0.3, -0.25) is 9.69 Å². The largest absolute Gasteiger partial charge is 0.321 e. The predicted molar refractivity (Wildman–Crippen MR) is 136 cm³/mol. The van der Waals surface area contributed by atoms with Gasteiger partial charge in [0.25, 0.3) is 5.56 Å². The first-order chi connectivity index (χ1) is 17.1. The van der Waals surface area contributed by atoms with Crippen LogP contribution in [0.4, 0.5) is 0 Å². The summed E-state index contributed by atoms with van der Waals surface area (Å²) < 4.78 is 2.02. The highest BCUT2D eigenvalue weighted by Crippen LogP contribution is 2.35. The van der Waals surface area contributed by atoms with Crippen LogP contribution in [0.3, 0.4) is 0 Å². The number of nitrogens with one attached hydrogen (secondary N) is 1. The minimum Gasteiger partial charge on any atom is -0.321 e. The molecule has 7 nitrogen and oxygen atoms in total. The molecule has 0 bridgehead atoms. The molecule has 0 amide bonds. The number of nitrogens with zero attached hydrogens (tertiary/aromatic N) is 5. The van der Waals surface area contributed by atoms with E-state index in [0.717, 1.165) is 54.6 Å². The molecule has 35 heavy (non-hydrogen) atoms. The molecule has 2 aromatic heterocycles. The third kappa shape index (κ3) is 4.08. The predicted octanol–water partition coefficient (Wildman–Crippen LogP) is 4.78. The second kappa shape index (κ2) is 9.04. The Balaban J connectivity index is 1.51. The Kier molecular flexibility index (Phi) is 5.72. The van der Waals surface area contributed by atoms with Crippen molar-refractivity contribution >= 4 is 10.9 Å². The minimum absolute atomic E-state index is 0.0634. The summed E-state index contributed by atoms with van der Waals surface area (Å²) in [7, 11) is 0. The molecule has 4 aromatic rings. The maximum absolute atomic E-state index is 13.6. The average Bonchev–Trinajstić information content (AvgIpc) is 3.35. The van der Waals surface area contributed by atoms with Gasteiger partial charge in [0.1, 0.15) is 6.04 Å². The Bertz CT molecular complexity index is 1430. The smallest absolute Gasteiger partial charge is 0.253 e. The molecule has 0 saturated heterocycles. The number of rotatable bonds is 4. The zero-order valence-electron chi connectivity index (χ0n) is 20.5. The van der Waals surface area contributed by atoms with Crippen molar-refractivity contribution < 1.29 is 0 Å². The van der Waals surface area contributed by atoms with Crippen molar-refractivity contribution in [3.63, 3.8) is 0 Å². The van der Waals surface area contributed by atoms with Crippen LogP contribution in [0.25, 0.3) is 10.9 Å². The van der Waals surface area contributed by atoms with E-state index in [9.17, 15) is 4.79 Å². The van der Waals surface area contributed by atoms with E-state index in [2.05, 4.69) is 74.8 Å². The van der Waals surface area contributed by atoms with Gasteiger partial charge in [-0.15, -0.1) is 5.10 Å². The van der Waals surface area contributed by atoms with E-state index < -0.39 is 0 Å². The van der Waals surface area contributed by atoms with Crippen molar-refractivity contribution in [2.24, 2.45) is 0 Å². The zero-order chi connectivity index (χ0) is 23.9. The summed E-state index contributed by atoms with van der Waals surface area (Å²) >= 11 is 0. The Hall–Kier alpha value is -3.32. The molecule has 1 aliphatic heterocycles. The Morgan fingerprint density at radius 2 is 1.83 bits per heavy atom. The van der Waals surface area contributed by atoms with Gasteiger partial charge >= 0.3 is 0 Å². The Morgan fingerprint density at radius 3 is 2.66 bits per heavy atom. The highest BCUT2D eigenvalue weighted by Gasteiger charge is 2.34. The third-order valence-electron chi connectivity index (χ3n) is 7.83. The van der Waals surface area contributed by atoms with E-state index in [4.69, 9.17) is 0 Å². The van der Waals surface area contributed by atoms with Gasteiger partial charge in [-0.05, 0) is 77.7 Å². The first-order valence-corrected chi connectivity index (χ1v) is 12.8.